The minimum atomic E-state index is -0.185. The summed E-state index contributed by atoms with van der Waals surface area (Å²) in [5.74, 6) is 0.219. The van der Waals surface area contributed by atoms with Gasteiger partial charge in [-0.05, 0) is 49.8 Å². The Labute approximate surface area is 108 Å². The fraction of sp³-hybridized carbons (Fsp3) is 0.600. The summed E-state index contributed by atoms with van der Waals surface area (Å²) in [6.07, 6.45) is 4.37. The fourth-order valence-electron chi connectivity index (χ4n) is 2.87. The van der Waals surface area contributed by atoms with Crippen LogP contribution in [0.1, 0.15) is 31.7 Å². The second-order valence-corrected chi connectivity index (χ2v) is 5.38. The lowest BCUT2D eigenvalue weighted by molar-refractivity contribution is 0.200. The molecule has 0 saturated heterocycles. The number of nitrogens with one attached hydrogen (secondary N) is 1. The smallest absolute Gasteiger partial charge is 0.123 e. The summed E-state index contributed by atoms with van der Waals surface area (Å²) >= 11 is 0. The summed E-state index contributed by atoms with van der Waals surface area (Å²) in [6, 6.07) is 7.48. The molecule has 0 heterocycles. The van der Waals surface area contributed by atoms with Gasteiger partial charge in [-0.2, -0.15) is 0 Å². The lowest BCUT2D eigenvalue weighted by Gasteiger charge is -2.24. The summed E-state index contributed by atoms with van der Waals surface area (Å²) < 4.78 is 12.8. The highest BCUT2D eigenvalue weighted by Gasteiger charge is 2.27. The zero-order valence-corrected chi connectivity index (χ0v) is 10.9. The average molecular weight is 251 g/mol. The van der Waals surface area contributed by atoms with Crippen LogP contribution < -0.4 is 5.32 Å². The summed E-state index contributed by atoms with van der Waals surface area (Å²) in [5, 5.41) is 12.9. The van der Waals surface area contributed by atoms with Crippen LogP contribution in [0, 0.1) is 11.7 Å². The van der Waals surface area contributed by atoms with E-state index in [0.717, 1.165) is 24.8 Å². The number of hydrogen-bond acceptors (Lipinski definition) is 2. The fourth-order valence-corrected chi connectivity index (χ4v) is 2.87. The van der Waals surface area contributed by atoms with Crippen molar-refractivity contribution >= 4 is 0 Å². The van der Waals surface area contributed by atoms with Gasteiger partial charge >= 0.3 is 0 Å². The molecule has 1 aliphatic carbocycles. The van der Waals surface area contributed by atoms with E-state index in [-0.39, 0.29) is 12.4 Å². The van der Waals surface area contributed by atoms with Crippen LogP contribution in [0.15, 0.2) is 24.3 Å². The van der Waals surface area contributed by atoms with E-state index in [0.29, 0.717) is 18.0 Å². The van der Waals surface area contributed by atoms with Crippen molar-refractivity contribution in [3.8, 4) is 0 Å². The van der Waals surface area contributed by atoms with Gasteiger partial charge in [-0.3, -0.25) is 0 Å². The molecule has 18 heavy (non-hydrogen) atoms. The highest BCUT2D eigenvalue weighted by Crippen LogP contribution is 2.25. The van der Waals surface area contributed by atoms with Crippen molar-refractivity contribution in [1.82, 2.24) is 5.32 Å². The molecule has 0 aromatic heterocycles. The van der Waals surface area contributed by atoms with Crippen molar-refractivity contribution in [2.45, 2.75) is 44.7 Å². The predicted octanol–water partition coefficient (Wildman–Crippen LogP) is 2.51. The van der Waals surface area contributed by atoms with E-state index in [1.807, 2.05) is 12.1 Å². The Morgan fingerprint density at radius 3 is 2.72 bits per heavy atom. The Morgan fingerprint density at radius 1 is 1.33 bits per heavy atom. The third-order valence-electron chi connectivity index (χ3n) is 3.85. The summed E-state index contributed by atoms with van der Waals surface area (Å²) in [5.41, 5.74) is 1.15. The molecule has 0 amide bonds. The Bertz CT molecular complexity index is 365. The van der Waals surface area contributed by atoms with Crippen LogP contribution in [-0.2, 0) is 6.42 Å². The lowest BCUT2D eigenvalue weighted by Crippen LogP contribution is -2.40. The second-order valence-electron chi connectivity index (χ2n) is 5.38. The van der Waals surface area contributed by atoms with Crippen molar-refractivity contribution in [3.63, 3.8) is 0 Å². The first-order valence-corrected chi connectivity index (χ1v) is 6.80. The van der Waals surface area contributed by atoms with Crippen LogP contribution in [0.4, 0.5) is 4.39 Å². The van der Waals surface area contributed by atoms with E-state index < -0.39 is 0 Å². The first kappa shape index (κ1) is 13.5. The summed E-state index contributed by atoms with van der Waals surface area (Å²) in [7, 11) is 0. The van der Waals surface area contributed by atoms with Crippen molar-refractivity contribution in [2.24, 2.45) is 5.92 Å². The molecule has 1 aromatic carbocycles. The van der Waals surface area contributed by atoms with E-state index in [2.05, 4.69) is 12.2 Å². The normalized spacial score (nSPS) is 25.3. The van der Waals surface area contributed by atoms with Crippen LogP contribution in [0.2, 0.25) is 0 Å². The first-order chi connectivity index (χ1) is 8.69. The van der Waals surface area contributed by atoms with Crippen LogP contribution in [0.25, 0.3) is 0 Å². The van der Waals surface area contributed by atoms with Gasteiger partial charge in [-0.25, -0.2) is 4.39 Å². The quantitative estimate of drug-likeness (QED) is 0.842. The highest BCUT2D eigenvalue weighted by molar-refractivity contribution is 5.17. The first-order valence-electron chi connectivity index (χ1n) is 6.80. The molecule has 0 spiro atoms. The zero-order chi connectivity index (χ0) is 13.0. The lowest BCUT2D eigenvalue weighted by atomic mass is 10.0. The van der Waals surface area contributed by atoms with E-state index in [1.165, 1.54) is 18.6 Å². The SMILES string of the molecule is CC(Cc1ccc(F)cc1)NC1CCCC1CO. The monoisotopic (exact) mass is 251 g/mol. The van der Waals surface area contributed by atoms with Crippen molar-refractivity contribution in [1.29, 1.82) is 0 Å². The number of halogens is 1. The van der Waals surface area contributed by atoms with Gasteiger partial charge in [0.1, 0.15) is 5.82 Å². The Balaban J connectivity index is 1.84. The maximum Gasteiger partial charge on any atom is 0.123 e. The number of aliphatic hydroxyl groups excluding tert-OH is 1. The molecule has 3 heteroatoms. The Hall–Kier alpha value is -0.930. The molecular weight excluding hydrogens is 229 g/mol. The third kappa shape index (κ3) is 3.53. The van der Waals surface area contributed by atoms with E-state index in [9.17, 15) is 9.50 Å². The number of rotatable bonds is 5. The van der Waals surface area contributed by atoms with Crippen LogP contribution in [-0.4, -0.2) is 23.8 Å². The molecule has 1 aliphatic rings. The molecule has 100 valence electrons. The number of benzene rings is 1. The molecule has 2 nitrogen and oxygen atoms in total. The van der Waals surface area contributed by atoms with Crippen LogP contribution in [0.3, 0.4) is 0 Å². The van der Waals surface area contributed by atoms with E-state index in [4.69, 9.17) is 0 Å². The van der Waals surface area contributed by atoms with Crippen molar-refractivity contribution in [3.05, 3.63) is 35.6 Å². The average Bonchev–Trinajstić information content (AvgIpc) is 2.79. The molecule has 3 atom stereocenters. The molecule has 1 aromatic rings. The van der Waals surface area contributed by atoms with Gasteiger partial charge in [0.15, 0.2) is 0 Å². The molecular formula is C15H22FNO. The molecule has 3 unspecified atom stereocenters. The molecule has 2 N–H and O–H groups in total. The maximum atomic E-state index is 12.8. The summed E-state index contributed by atoms with van der Waals surface area (Å²) in [4.78, 5) is 0. The van der Waals surface area contributed by atoms with Gasteiger partial charge in [0.25, 0.3) is 0 Å². The molecule has 1 fully saturated rings. The molecule has 1 saturated carbocycles. The van der Waals surface area contributed by atoms with Crippen molar-refractivity contribution < 1.29 is 9.50 Å². The molecule has 0 bridgehead atoms. The zero-order valence-electron chi connectivity index (χ0n) is 10.9. The summed E-state index contributed by atoms with van der Waals surface area (Å²) in [6.45, 7) is 2.43. The van der Waals surface area contributed by atoms with E-state index >= 15 is 0 Å². The minimum absolute atomic E-state index is 0.185. The number of aliphatic hydroxyl groups is 1. The topological polar surface area (TPSA) is 32.3 Å². The molecule has 2 rings (SSSR count). The van der Waals surface area contributed by atoms with Gasteiger partial charge in [-0.1, -0.05) is 18.6 Å². The number of hydrogen-bond donors (Lipinski definition) is 2. The molecule has 0 radical (unpaired) electrons. The van der Waals surface area contributed by atoms with Crippen LogP contribution >= 0.6 is 0 Å². The van der Waals surface area contributed by atoms with Gasteiger partial charge in [-0.15, -0.1) is 0 Å². The minimum Gasteiger partial charge on any atom is -0.396 e. The third-order valence-corrected chi connectivity index (χ3v) is 3.85. The molecule has 0 aliphatic heterocycles. The standard InChI is InChI=1S/C15H22FNO/c1-11(9-12-5-7-14(16)8-6-12)17-15-4-2-3-13(15)10-18/h5-8,11,13,15,17-18H,2-4,9-10H2,1H3. The highest BCUT2D eigenvalue weighted by atomic mass is 19.1. The van der Waals surface area contributed by atoms with Crippen molar-refractivity contribution in [2.75, 3.05) is 6.61 Å². The Kier molecular flexibility index (Phi) is 4.72. The largest absolute Gasteiger partial charge is 0.396 e. The van der Waals surface area contributed by atoms with Crippen LogP contribution in [0.5, 0.6) is 0 Å². The second kappa shape index (κ2) is 6.30. The van der Waals surface area contributed by atoms with Gasteiger partial charge in [0, 0.05) is 18.7 Å². The Morgan fingerprint density at radius 2 is 2.06 bits per heavy atom. The van der Waals surface area contributed by atoms with Gasteiger partial charge in [0.05, 0.1) is 0 Å². The van der Waals surface area contributed by atoms with Gasteiger partial charge in [0.2, 0.25) is 0 Å². The maximum absolute atomic E-state index is 12.8. The predicted molar refractivity (Wildman–Crippen MR) is 70.9 cm³/mol. The van der Waals surface area contributed by atoms with Gasteiger partial charge < -0.3 is 10.4 Å². The van der Waals surface area contributed by atoms with E-state index in [1.54, 1.807) is 0 Å².